The molecule has 0 aromatic carbocycles. The lowest BCUT2D eigenvalue weighted by molar-refractivity contribution is -0.140. The first-order chi connectivity index (χ1) is 9.76. The smallest absolute Gasteiger partial charge is 0.326 e. The molecule has 0 saturated heterocycles. The highest BCUT2D eigenvalue weighted by Gasteiger charge is 2.26. The largest absolute Gasteiger partial charge is 0.480 e. The summed E-state index contributed by atoms with van der Waals surface area (Å²) in [5, 5.41) is 14.5. The quantitative estimate of drug-likeness (QED) is 0.754. The van der Waals surface area contributed by atoms with Crippen molar-refractivity contribution in [2.24, 2.45) is 5.92 Å². The van der Waals surface area contributed by atoms with Gasteiger partial charge in [0.15, 0.2) is 0 Å². The van der Waals surface area contributed by atoms with Crippen molar-refractivity contribution in [3.8, 4) is 0 Å². The Morgan fingerprint density at radius 3 is 2.33 bits per heavy atom. The number of amides is 2. The van der Waals surface area contributed by atoms with Gasteiger partial charge in [0.25, 0.3) is 0 Å². The minimum atomic E-state index is -1.00. The second-order valence-corrected chi connectivity index (χ2v) is 6.87. The number of hydrogen-bond donors (Lipinski definition) is 3. The van der Waals surface area contributed by atoms with Crippen molar-refractivity contribution in [1.82, 2.24) is 10.6 Å². The summed E-state index contributed by atoms with van der Waals surface area (Å²) in [5.74, 6) is -1.12. The maximum absolute atomic E-state index is 12.0. The van der Waals surface area contributed by atoms with E-state index in [1.807, 2.05) is 40.7 Å². The molecule has 3 N–H and O–H groups in total. The molecule has 0 aliphatic rings. The third kappa shape index (κ3) is 4.74. The molecule has 3 unspecified atom stereocenters. The van der Waals surface area contributed by atoms with Crippen LogP contribution in [-0.4, -0.2) is 23.1 Å². The van der Waals surface area contributed by atoms with Crippen molar-refractivity contribution in [3.63, 3.8) is 0 Å². The summed E-state index contributed by atoms with van der Waals surface area (Å²) in [6.07, 6.45) is 0.690. The zero-order valence-corrected chi connectivity index (χ0v) is 14.0. The van der Waals surface area contributed by atoms with Crippen LogP contribution in [0, 0.1) is 19.8 Å². The summed E-state index contributed by atoms with van der Waals surface area (Å²) in [6.45, 7) is 9.65. The van der Waals surface area contributed by atoms with Gasteiger partial charge in [0.2, 0.25) is 0 Å². The molecule has 0 saturated carbocycles. The van der Waals surface area contributed by atoms with E-state index in [9.17, 15) is 14.7 Å². The van der Waals surface area contributed by atoms with Crippen molar-refractivity contribution in [2.45, 2.75) is 53.1 Å². The van der Waals surface area contributed by atoms with E-state index < -0.39 is 18.0 Å². The van der Waals surface area contributed by atoms with Crippen molar-refractivity contribution in [1.29, 1.82) is 0 Å². The number of nitrogens with one attached hydrogen (secondary N) is 2. The summed E-state index contributed by atoms with van der Waals surface area (Å²) < 4.78 is 0. The fourth-order valence-electron chi connectivity index (χ4n) is 2.22. The van der Waals surface area contributed by atoms with E-state index in [-0.39, 0.29) is 12.0 Å². The minimum absolute atomic E-state index is 0.117. The lowest BCUT2D eigenvalue weighted by Gasteiger charge is -2.22. The lowest BCUT2D eigenvalue weighted by atomic mass is 9.99. The van der Waals surface area contributed by atoms with E-state index in [1.54, 1.807) is 11.3 Å². The third-order valence-corrected chi connectivity index (χ3v) is 4.64. The van der Waals surface area contributed by atoms with Crippen LogP contribution in [0.3, 0.4) is 0 Å². The van der Waals surface area contributed by atoms with Gasteiger partial charge >= 0.3 is 12.0 Å². The molecule has 0 aliphatic heterocycles. The normalized spacial score (nSPS) is 15.1. The number of carbonyl (C=O) groups is 2. The first-order valence-corrected chi connectivity index (χ1v) is 7.94. The molecule has 0 bridgehead atoms. The Balaban J connectivity index is 2.68. The van der Waals surface area contributed by atoms with Gasteiger partial charge in [0.1, 0.15) is 6.04 Å². The van der Waals surface area contributed by atoms with Gasteiger partial charge in [-0.1, -0.05) is 20.3 Å². The topological polar surface area (TPSA) is 78.4 Å². The standard InChI is InChI=1S/C15H24N2O3S/c1-6-8(2)13(14(18)19)17-15(20)16-10(4)12-7-9(3)21-11(12)5/h7-8,10,13H,6H2,1-5H3,(H,18,19)(H2,16,17,20). The number of carbonyl (C=O) groups excluding carboxylic acids is 1. The van der Waals surface area contributed by atoms with E-state index in [0.29, 0.717) is 6.42 Å². The molecule has 1 rings (SSSR count). The summed E-state index contributed by atoms with van der Waals surface area (Å²) >= 11 is 1.69. The summed E-state index contributed by atoms with van der Waals surface area (Å²) in [6, 6.07) is 0.584. The van der Waals surface area contributed by atoms with Gasteiger partial charge in [-0.3, -0.25) is 0 Å². The number of carboxylic acid groups (broad SMARTS) is 1. The van der Waals surface area contributed by atoms with Gasteiger partial charge in [-0.2, -0.15) is 0 Å². The summed E-state index contributed by atoms with van der Waals surface area (Å²) in [4.78, 5) is 25.6. The van der Waals surface area contributed by atoms with Gasteiger partial charge in [0, 0.05) is 9.75 Å². The molecule has 5 nitrogen and oxygen atoms in total. The molecular formula is C15H24N2O3S. The van der Waals surface area contributed by atoms with Crippen LogP contribution in [-0.2, 0) is 4.79 Å². The average molecular weight is 312 g/mol. The van der Waals surface area contributed by atoms with Crippen LogP contribution >= 0.6 is 11.3 Å². The molecule has 0 spiro atoms. The Morgan fingerprint density at radius 2 is 1.90 bits per heavy atom. The average Bonchev–Trinajstić information content (AvgIpc) is 2.73. The molecule has 0 fully saturated rings. The molecule has 1 aromatic heterocycles. The Labute approximate surface area is 129 Å². The molecule has 3 atom stereocenters. The maximum atomic E-state index is 12.0. The van der Waals surface area contributed by atoms with Crippen LogP contribution in [0.5, 0.6) is 0 Å². The minimum Gasteiger partial charge on any atom is -0.480 e. The number of aryl methyl sites for hydroxylation is 2. The molecule has 21 heavy (non-hydrogen) atoms. The Morgan fingerprint density at radius 1 is 1.29 bits per heavy atom. The van der Waals surface area contributed by atoms with Gasteiger partial charge in [0.05, 0.1) is 6.04 Å². The zero-order chi connectivity index (χ0) is 16.2. The maximum Gasteiger partial charge on any atom is 0.326 e. The van der Waals surface area contributed by atoms with Crippen LogP contribution < -0.4 is 10.6 Å². The van der Waals surface area contributed by atoms with Crippen molar-refractivity contribution < 1.29 is 14.7 Å². The Hall–Kier alpha value is -1.56. The molecular weight excluding hydrogens is 288 g/mol. The lowest BCUT2D eigenvalue weighted by Crippen LogP contribution is -2.49. The first-order valence-electron chi connectivity index (χ1n) is 7.13. The third-order valence-electron chi connectivity index (χ3n) is 3.66. The summed E-state index contributed by atoms with van der Waals surface area (Å²) in [5.41, 5.74) is 1.07. The predicted molar refractivity (Wildman–Crippen MR) is 84.8 cm³/mol. The van der Waals surface area contributed by atoms with Crippen molar-refractivity contribution in [3.05, 3.63) is 21.4 Å². The number of urea groups is 1. The number of thiophene rings is 1. The molecule has 1 aromatic rings. The van der Waals surface area contributed by atoms with E-state index in [2.05, 4.69) is 10.6 Å². The fraction of sp³-hybridized carbons (Fsp3) is 0.600. The van der Waals surface area contributed by atoms with Crippen molar-refractivity contribution >= 4 is 23.3 Å². The van der Waals surface area contributed by atoms with E-state index in [1.165, 1.54) is 4.88 Å². The number of aliphatic carboxylic acids is 1. The predicted octanol–water partition coefficient (Wildman–Crippen LogP) is 3.22. The SMILES string of the molecule is CCC(C)C(NC(=O)NC(C)c1cc(C)sc1C)C(=O)O. The van der Waals surface area contributed by atoms with Crippen LogP contribution in [0.4, 0.5) is 4.79 Å². The number of hydrogen-bond acceptors (Lipinski definition) is 3. The van der Waals surface area contributed by atoms with Gasteiger partial charge in [-0.25, -0.2) is 9.59 Å². The summed E-state index contributed by atoms with van der Waals surface area (Å²) in [7, 11) is 0. The molecule has 118 valence electrons. The molecule has 2 amide bonds. The van der Waals surface area contributed by atoms with Gasteiger partial charge in [-0.05, 0) is 38.3 Å². The van der Waals surface area contributed by atoms with Crippen LogP contribution in [0.15, 0.2) is 6.07 Å². The van der Waals surface area contributed by atoms with Crippen LogP contribution in [0.2, 0.25) is 0 Å². The second-order valence-electron chi connectivity index (χ2n) is 5.41. The molecule has 6 heteroatoms. The van der Waals surface area contributed by atoms with E-state index in [4.69, 9.17) is 0 Å². The highest BCUT2D eigenvalue weighted by Crippen LogP contribution is 2.26. The number of carboxylic acids is 1. The second kappa shape index (κ2) is 7.45. The molecule has 0 radical (unpaired) electrons. The zero-order valence-electron chi connectivity index (χ0n) is 13.2. The van der Waals surface area contributed by atoms with Gasteiger partial charge in [-0.15, -0.1) is 11.3 Å². The highest BCUT2D eigenvalue weighted by atomic mass is 32.1. The van der Waals surface area contributed by atoms with E-state index in [0.717, 1.165) is 10.4 Å². The highest BCUT2D eigenvalue weighted by molar-refractivity contribution is 7.12. The van der Waals surface area contributed by atoms with Crippen molar-refractivity contribution in [2.75, 3.05) is 0 Å². The first kappa shape index (κ1) is 17.5. The van der Waals surface area contributed by atoms with Crippen LogP contribution in [0.25, 0.3) is 0 Å². The van der Waals surface area contributed by atoms with E-state index >= 15 is 0 Å². The van der Waals surface area contributed by atoms with Crippen LogP contribution in [0.1, 0.15) is 48.6 Å². The number of rotatable bonds is 6. The molecule has 0 aliphatic carbocycles. The Bertz CT molecular complexity index is 513. The fourth-order valence-corrected chi connectivity index (χ4v) is 3.24. The van der Waals surface area contributed by atoms with Gasteiger partial charge < -0.3 is 15.7 Å². The Kier molecular flexibility index (Phi) is 6.20. The monoisotopic (exact) mass is 312 g/mol. The molecule has 1 heterocycles.